The van der Waals surface area contributed by atoms with Gasteiger partial charge >= 0.3 is 11.7 Å². The molecule has 26 heavy (non-hydrogen) atoms. The fourth-order valence-electron chi connectivity index (χ4n) is 3.44. The van der Waals surface area contributed by atoms with E-state index < -0.39 is 5.69 Å². The van der Waals surface area contributed by atoms with E-state index in [4.69, 9.17) is 0 Å². The molecule has 2 aromatic rings. The third-order valence-corrected chi connectivity index (χ3v) is 5.12. The summed E-state index contributed by atoms with van der Waals surface area (Å²) in [4.78, 5) is 43.8. The van der Waals surface area contributed by atoms with Gasteiger partial charge in [-0.25, -0.2) is 9.59 Å². The maximum atomic E-state index is 12.1. The van der Waals surface area contributed by atoms with E-state index in [1.165, 1.54) is 13.1 Å². The van der Waals surface area contributed by atoms with Gasteiger partial charge in [-0.15, -0.1) is 0 Å². The molecule has 4 rings (SSSR count). The van der Waals surface area contributed by atoms with Gasteiger partial charge in [-0.2, -0.15) is 5.10 Å². The smallest absolute Gasteiger partial charge is 0.329 e. The number of H-pyrrole nitrogens is 1. The summed E-state index contributed by atoms with van der Waals surface area (Å²) in [5.74, 6) is 0.532. The second-order valence-corrected chi connectivity index (χ2v) is 6.78. The Balaban J connectivity index is 1.50. The highest BCUT2D eigenvalue weighted by molar-refractivity contribution is 5.93. The molecular formula is C16H21N7O3. The van der Waals surface area contributed by atoms with Crippen LogP contribution in [0.25, 0.3) is 0 Å². The van der Waals surface area contributed by atoms with E-state index in [0.29, 0.717) is 32.0 Å². The standard InChI is InChI=1S/C16H21N7O3/c1-19-5-6-22(16(19)26)12-8-17-23(10-12)11-3-4-21(9-11)13-7-14(24)20(2)15(25)18-13/h7-8,10-11H,3-6,9H2,1-2H3,(H,18,25). The molecule has 0 bridgehead atoms. The molecule has 4 heterocycles. The zero-order chi connectivity index (χ0) is 18.4. The lowest BCUT2D eigenvalue weighted by atomic mass is 10.3. The van der Waals surface area contributed by atoms with E-state index in [2.05, 4.69) is 10.1 Å². The number of urea groups is 1. The lowest BCUT2D eigenvalue weighted by molar-refractivity contribution is 0.229. The lowest BCUT2D eigenvalue weighted by Crippen LogP contribution is -2.35. The van der Waals surface area contributed by atoms with Crippen molar-refractivity contribution in [1.82, 2.24) is 24.2 Å². The highest BCUT2D eigenvalue weighted by Gasteiger charge is 2.30. The van der Waals surface area contributed by atoms with Gasteiger partial charge < -0.3 is 9.80 Å². The molecule has 2 aliphatic heterocycles. The molecular weight excluding hydrogens is 338 g/mol. The van der Waals surface area contributed by atoms with Gasteiger partial charge in [0.2, 0.25) is 0 Å². The molecule has 2 saturated heterocycles. The number of aromatic nitrogens is 4. The summed E-state index contributed by atoms with van der Waals surface area (Å²) in [6, 6.07) is 1.54. The first-order valence-electron chi connectivity index (χ1n) is 8.56. The summed E-state index contributed by atoms with van der Waals surface area (Å²) in [6.45, 7) is 2.72. The van der Waals surface area contributed by atoms with Crippen LogP contribution >= 0.6 is 0 Å². The van der Waals surface area contributed by atoms with E-state index in [1.807, 2.05) is 15.8 Å². The third-order valence-electron chi connectivity index (χ3n) is 5.12. The number of hydrogen-bond acceptors (Lipinski definition) is 5. The quantitative estimate of drug-likeness (QED) is 0.803. The Morgan fingerprint density at radius 3 is 2.65 bits per heavy atom. The van der Waals surface area contributed by atoms with Crippen LogP contribution in [0.4, 0.5) is 16.3 Å². The first-order chi connectivity index (χ1) is 12.4. The molecule has 2 aliphatic rings. The van der Waals surface area contributed by atoms with Crippen molar-refractivity contribution in [1.29, 1.82) is 0 Å². The van der Waals surface area contributed by atoms with Gasteiger partial charge in [-0.3, -0.25) is 23.9 Å². The molecule has 0 radical (unpaired) electrons. The molecule has 1 atom stereocenters. The molecule has 0 spiro atoms. The van der Waals surface area contributed by atoms with Crippen LogP contribution in [0.5, 0.6) is 0 Å². The average molecular weight is 359 g/mol. The van der Waals surface area contributed by atoms with Gasteiger partial charge in [0.1, 0.15) is 5.82 Å². The van der Waals surface area contributed by atoms with Crippen LogP contribution in [0.15, 0.2) is 28.0 Å². The van der Waals surface area contributed by atoms with Gasteiger partial charge in [-0.05, 0) is 6.42 Å². The number of hydrogen-bond donors (Lipinski definition) is 1. The van der Waals surface area contributed by atoms with Crippen molar-refractivity contribution in [2.24, 2.45) is 7.05 Å². The molecule has 2 amide bonds. The maximum absolute atomic E-state index is 12.1. The molecule has 1 unspecified atom stereocenters. The molecule has 2 fully saturated rings. The Morgan fingerprint density at radius 1 is 1.15 bits per heavy atom. The number of carbonyl (C=O) groups is 1. The first kappa shape index (κ1) is 16.4. The molecule has 0 aliphatic carbocycles. The topological polar surface area (TPSA) is 99.5 Å². The summed E-state index contributed by atoms with van der Waals surface area (Å²) >= 11 is 0. The summed E-state index contributed by atoms with van der Waals surface area (Å²) in [5.41, 5.74) is 0.0408. The number of nitrogens with zero attached hydrogens (tertiary/aromatic N) is 6. The Morgan fingerprint density at radius 2 is 1.96 bits per heavy atom. The van der Waals surface area contributed by atoms with Crippen molar-refractivity contribution >= 4 is 17.5 Å². The third kappa shape index (κ3) is 2.67. The first-order valence-corrected chi connectivity index (χ1v) is 8.56. The molecule has 10 heteroatoms. The van der Waals surface area contributed by atoms with E-state index in [9.17, 15) is 14.4 Å². The van der Waals surface area contributed by atoms with Crippen molar-refractivity contribution in [2.75, 3.05) is 43.0 Å². The normalized spacial score (nSPS) is 20.5. The highest BCUT2D eigenvalue weighted by atomic mass is 16.2. The van der Waals surface area contributed by atoms with Crippen LogP contribution in [-0.2, 0) is 7.05 Å². The number of carbonyl (C=O) groups excluding carboxylic acids is 1. The van der Waals surface area contributed by atoms with Gasteiger partial charge in [0.15, 0.2) is 0 Å². The second-order valence-electron chi connectivity index (χ2n) is 6.78. The van der Waals surface area contributed by atoms with Gasteiger partial charge in [0.25, 0.3) is 5.56 Å². The lowest BCUT2D eigenvalue weighted by Gasteiger charge is -2.18. The van der Waals surface area contributed by atoms with Gasteiger partial charge in [0, 0.05) is 52.5 Å². The van der Waals surface area contributed by atoms with Crippen molar-refractivity contribution in [3.8, 4) is 0 Å². The Kier molecular flexibility index (Phi) is 3.82. The fourth-order valence-corrected chi connectivity index (χ4v) is 3.44. The van der Waals surface area contributed by atoms with Crippen molar-refractivity contribution in [2.45, 2.75) is 12.5 Å². The Hall–Kier alpha value is -3.04. The number of aromatic amines is 1. The van der Waals surface area contributed by atoms with E-state index in [0.717, 1.165) is 16.7 Å². The van der Waals surface area contributed by atoms with Crippen LogP contribution in [0.2, 0.25) is 0 Å². The number of rotatable bonds is 3. The largest absolute Gasteiger partial charge is 0.356 e. The van der Waals surface area contributed by atoms with Crippen LogP contribution in [0, 0.1) is 0 Å². The van der Waals surface area contributed by atoms with Crippen LogP contribution in [-0.4, -0.2) is 63.5 Å². The number of anilines is 2. The predicted octanol–water partition coefficient (Wildman–Crippen LogP) is -0.407. The minimum atomic E-state index is -0.422. The SMILES string of the molecule is CN1CCN(c2cnn(C3CCN(c4cc(=O)n(C)c(=O)[nH]4)C3)c2)C1=O. The molecule has 2 aromatic heterocycles. The molecule has 138 valence electrons. The van der Waals surface area contributed by atoms with E-state index >= 15 is 0 Å². The summed E-state index contributed by atoms with van der Waals surface area (Å²) in [7, 11) is 3.23. The van der Waals surface area contributed by atoms with Crippen molar-refractivity contribution in [3.63, 3.8) is 0 Å². The van der Waals surface area contributed by atoms with Crippen molar-refractivity contribution < 1.29 is 4.79 Å². The van der Waals surface area contributed by atoms with Crippen LogP contribution in [0.1, 0.15) is 12.5 Å². The minimum Gasteiger partial charge on any atom is -0.356 e. The molecule has 0 saturated carbocycles. The molecule has 1 N–H and O–H groups in total. The Bertz CT molecular complexity index is 928. The van der Waals surface area contributed by atoms with Crippen LogP contribution in [0.3, 0.4) is 0 Å². The number of nitrogens with one attached hydrogen (secondary N) is 1. The van der Waals surface area contributed by atoms with E-state index in [-0.39, 0.29) is 17.6 Å². The predicted molar refractivity (Wildman–Crippen MR) is 95.8 cm³/mol. The molecule has 10 nitrogen and oxygen atoms in total. The monoisotopic (exact) mass is 359 g/mol. The van der Waals surface area contributed by atoms with Gasteiger partial charge in [0.05, 0.1) is 17.9 Å². The summed E-state index contributed by atoms with van der Waals surface area (Å²) < 4.78 is 2.90. The fraction of sp³-hybridized carbons (Fsp3) is 0.500. The Labute approximate surface area is 149 Å². The average Bonchev–Trinajstić information content (AvgIpc) is 3.33. The van der Waals surface area contributed by atoms with Crippen molar-refractivity contribution in [3.05, 3.63) is 39.3 Å². The highest BCUT2D eigenvalue weighted by Crippen LogP contribution is 2.27. The zero-order valence-electron chi connectivity index (χ0n) is 14.8. The summed E-state index contributed by atoms with van der Waals surface area (Å²) in [6.07, 6.45) is 4.43. The minimum absolute atomic E-state index is 0.0182. The zero-order valence-corrected chi connectivity index (χ0v) is 14.8. The van der Waals surface area contributed by atoms with Gasteiger partial charge in [-0.1, -0.05) is 0 Å². The molecule has 0 aromatic carbocycles. The number of likely N-dealkylation sites (N-methyl/N-ethyl adjacent to an activating group) is 1. The second kappa shape index (κ2) is 6.04. The van der Waals surface area contributed by atoms with Crippen LogP contribution < -0.4 is 21.0 Å². The summed E-state index contributed by atoms with van der Waals surface area (Å²) in [5, 5.41) is 4.42. The van der Waals surface area contributed by atoms with E-state index in [1.54, 1.807) is 23.0 Å². The number of amides is 2. The maximum Gasteiger partial charge on any atom is 0.329 e.